The van der Waals surface area contributed by atoms with Gasteiger partial charge in [-0.25, -0.2) is 14.4 Å². The number of alkyl carbamates (subject to hydrolysis) is 2. The molecule has 13 heteroatoms. The Labute approximate surface area is 237 Å². The van der Waals surface area contributed by atoms with Crippen molar-refractivity contribution < 1.29 is 38.6 Å². The van der Waals surface area contributed by atoms with E-state index in [1.807, 2.05) is 30.3 Å². The van der Waals surface area contributed by atoms with Crippen LogP contribution in [0.3, 0.4) is 0 Å². The monoisotopic (exact) mass is 562 g/mol. The summed E-state index contributed by atoms with van der Waals surface area (Å²) in [6.07, 6.45) is -0.525. The number of carbonyl (C=O) groups is 5. The predicted molar refractivity (Wildman–Crippen MR) is 144 cm³/mol. The van der Waals surface area contributed by atoms with Crippen molar-refractivity contribution in [2.24, 2.45) is 0 Å². The highest BCUT2D eigenvalue weighted by Crippen LogP contribution is 2.09. The van der Waals surface area contributed by atoms with Gasteiger partial charge in [-0.1, -0.05) is 37.3 Å². The molecule has 1 aromatic carbocycles. The van der Waals surface area contributed by atoms with E-state index in [2.05, 4.69) is 37.6 Å². The lowest BCUT2D eigenvalue weighted by Crippen LogP contribution is -2.49. The Morgan fingerprint density at radius 2 is 1.59 bits per heavy atom. The summed E-state index contributed by atoms with van der Waals surface area (Å²) in [4.78, 5) is 60.2. The molecule has 5 N–H and O–H groups in total. The number of amides is 4. The maximum absolute atomic E-state index is 12.6. The van der Waals surface area contributed by atoms with Gasteiger partial charge in [-0.15, -0.1) is 0 Å². The lowest BCUT2D eigenvalue weighted by molar-refractivity contribution is -0.140. The van der Waals surface area contributed by atoms with Crippen LogP contribution in [0.4, 0.5) is 9.59 Å². The first kappa shape index (κ1) is 33.7. The van der Waals surface area contributed by atoms with E-state index in [0.717, 1.165) is 5.56 Å². The van der Waals surface area contributed by atoms with Crippen molar-refractivity contribution in [1.82, 2.24) is 21.3 Å². The number of unbranched alkanes of at least 4 members (excludes halogenated alkanes) is 1. The zero-order chi connectivity index (χ0) is 29.4. The molecule has 0 aromatic heterocycles. The predicted octanol–water partition coefficient (Wildman–Crippen LogP) is 1.96. The highest BCUT2D eigenvalue weighted by molar-refractivity contribution is 6.13. The first-order chi connectivity index (χ1) is 18.3. The van der Waals surface area contributed by atoms with Gasteiger partial charge in [0.15, 0.2) is 16.3 Å². The molecule has 1 rings (SSSR count). The third-order valence-corrected chi connectivity index (χ3v) is 5.24. The number of rotatable bonds is 15. The van der Waals surface area contributed by atoms with Crippen LogP contribution < -0.4 is 21.3 Å². The highest BCUT2D eigenvalue weighted by atomic mass is 27.0. The second-order valence-corrected chi connectivity index (χ2v) is 11.0. The number of carboxylic acid groups (broad SMARTS) is 1. The van der Waals surface area contributed by atoms with Crippen LogP contribution in [0.15, 0.2) is 30.3 Å². The maximum Gasteiger partial charge on any atom is 0.408 e. The molecule has 0 fully saturated rings. The largest absolute Gasteiger partial charge is 0.480 e. The van der Waals surface area contributed by atoms with Crippen molar-refractivity contribution >= 4 is 46.3 Å². The van der Waals surface area contributed by atoms with E-state index in [4.69, 9.17) is 9.47 Å². The third kappa shape index (κ3) is 16.3. The van der Waals surface area contributed by atoms with Crippen molar-refractivity contribution in [3.05, 3.63) is 35.9 Å². The molecule has 12 nitrogen and oxygen atoms in total. The molecule has 0 unspecified atom stereocenters. The van der Waals surface area contributed by atoms with Gasteiger partial charge in [0.1, 0.15) is 24.3 Å². The fraction of sp³-hybridized carbons (Fsp3) is 0.577. The number of nitrogens with one attached hydrogen (secondary N) is 4. The molecule has 0 aliphatic carbocycles. The minimum atomic E-state index is -1.34. The molecule has 2 radical (unpaired) electrons. The van der Waals surface area contributed by atoms with Gasteiger partial charge in [0.2, 0.25) is 11.8 Å². The molecule has 0 saturated carbocycles. The zero-order valence-electron chi connectivity index (χ0n) is 23.0. The molecule has 0 aliphatic heterocycles. The van der Waals surface area contributed by atoms with E-state index in [0.29, 0.717) is 25.8 Å². The lowest BCUT2D eigenvalue weighted by atomic mass is 10.1. The van der Waals surface area contributed by atoms with Crippen molar-refractivity contribution in [1.29, 1.82) is 0 Å². The Hall–Kier alpha value is -3.30. The van der Waals surface area contributed by atoms with Crippen LogP contribution in [0, 0.1) is 0 Å². The lowest BCUT2D eigenvalue weighted by Gasteiger charge is -2.22. The quantitative estimate of drug-likeness (QED) is 0.159. The highest BCUT2D eigenvalue weighted by Gasteiger charge is 2.26. The average molecular weight is 563 g/mol. The Morgan fingerprint density at radius 3 is 2.18 bits per heavy atom. The average Bonchev–Trinajstić information content (AvgIpc) is 2.83. The van der Waals surface area contributed by atoms with Crippen LogP contribution >= 0.6 is 0 Å². The number of benzene rings is 1. The topological polar surface area (TPSA) is 172 Å². The van der Waals surface area contributed by atoms with Gasteiger partial charge in [0.05, 0.1) is 0 Å². The molecule has 0 saturated heterocycles. The fourth-order valence-corrected chi connectivity index (χ4v) is 3.45. The number of aliphatic carboxylic acids is 1. The molecular formula is C26H39AlN4O8. The number of ether oxygens (including phenoxy) is 2. The van der Waals surface area contributed by atoms with E-state index in [9.17, 15) is 29.1 Å². The first-order valence-electron chi connectivity index (χ1n) is 12.8. The summed E-state index contributed by atoms with van der Waals surface area (Å²) in [6, 6.07) is 7.08. The summed E-state index contributed by atoms with van der Waals surface area (Å²) >= 11 is 2.43. The van der Waals surface area contributed by atoms with Crippen molar-refractivity contribution in [2.45, 2.75) is 89.0 Å². The number of carboxylic acids is 1. The van der Waals surface area contributed by atoms with Gasteiger partial charge < -0.3 is 35.8 Å². The van der Waals surface area contributed by atoms with Crippen molar-refractivity contribution in [3.63, 3.8) is 0 Å². The van der Waals surface area contributed by atoms with Crippen LogP contribution in [-0.2, 0) is 30.5 Å². The minimum absolute atomic E-state index is 0.157. The molecule has 1 aromatic rings. The van der Waals surface area contributed by atoms with Gasteiger partial charge in [-0.05, 0) is 56.9 Å². The van der Waals surface area contributed by atoms with E-state index in [-0.39, 0.29) is 30.3 Å². The van der Waals surface area contributed by atoms with Crippen molar-refractivity contribution in [3.8, 4) is 0 Å². The van der Waals surface area contributed by atoms with Gasteiger partial charge in [0.25, 0.3) is 0 Å². The third-order valence-electron chi connectivity index (χ3n) is 5.07. The molecule has 39 heavy (non-hydrogen) atoms. The zero-order valence-corrected chi connectivity index (χ0v) is 24.1. The van der Waals surface area contributed by atoms with Gasteiger partial charge >= 0.3 is 18.2 Å². The van der Waals surface area contributed by atoms with Gasteiger partial charge in [0, 0.05) is 13.0 Å². The Kier molecular flexibility index (Phi) is 15.0. The molecule has 0 aliphatic rings. The number of hydrogen-bond acceptors (Lipinski definition) is 7. The second-order valence-electron chi connectivity index (χ2n) is 9.98. The Balaban J connectivity index is 2.51. The molecule has 3 atom stereocenters. The van der Waals surface area contributed by atoms with Crippen LogP contribution in [0.1, 0.15) is 65.4 Å². The van der Waals surface area contributed by atoms with Crippen LogP contribution in [-0.4, -0.2) is 80.5 Å². The first-order valence-corrected chi connectivity index (χ1v) is 13.5. The Bertz CT molecular complexity index is 953. The van der Waals surface area contributed by atoms with Crippen LogP contribution in [0.5, 0.6) is 0 Å². The van der Waals surface area contributed by atoms with Crippen molar-refractivity contribution in [2.75, 3.05) is 6.54 Å². The molecular weight excluding hydrogens is 523 g/mol. The van der Waals surface area contributed by atoms with E-state index >= 15 is 0 Å². The van der Waals surface area contributed by atoms with E-state index in [1.165, 1.54) is 0 Å². The van der Waals surface area contributed by atoms with E-state index in [1.54, 1.807) is 27.7 Å². The summed E-state index contributed by atoms with van der Waals surface area (Å²) < 4.78 is 10.2. The normalized spacial score (nSPS) is 13.2. The molecule has 214 valence electrons. The van der Waals surface area contributed by atoms with Gasteiger partial charge in [-0.3, -0.25) is 9.59 Å². The van der Waals surface area contributed by atoms with Crippen LogP contribution in [0.2, 0.25) is 0 Å². The number of carbonyl (C=O) groups excluding carboxylic acids is 4. The fourth-order valence-electron chi connectivity index (χ4n) is 3.28. The van der Waals surface area contributed by atoms with E-state index < -0.39 is 41.7 Å². The molecule has 0 bridgehead atoms. The number of hydrogen-bond donors (Lipinski definition) is 5. The summed E-state index contributed by atoms with van der Waals surface area (Å²) in [6.45, 7) is 7.17. The molecule has 0 spiro atoms. The maximum atomic E-state index is 12.6. The summed E-state index contributed by atoms with van der Waals surface area (Å²) in [5, 5.41) is 19.6. The Morgan fingerprint density at radius 1 is 0.923 bits per heavy atom. The molecule has 4 amide bonds. The standard InChI is InChI=1S/C26H39N4O8.Al/c1-5-27-22(32)19(13-9-10-16-28-24(35)37-17-18-11-7-6-8-12-18)29-21(31)15-14-20(23(33)34)30-25(36)38-26(2,3)4;/h5-8,11-12,19-20H,9-10,13-17H2,1-4H3,(H,27,32)(H,28,35)(H,29,31)(H,30,36)(H,33,34);/t19-,20-;/m0./s1. The van der Waals surface area contributed by atoms with Crippen LogP contribution in [0.25, 0.3) is 0 Å². The SMILES string of the molecule is C[C@H]([Al])NC(=O)[C@H](CCCCNC(=O)OCc1ccccc1)NC(=O)CC[C@H](NC(=O)OC(C)(C)C)C(=O)O. The molecule has 0 heterocycles. The second kappa shape index (κ2) is 17.3. The minimum Gasteiger partial charge on any atom is -0.480 e. The smallest absolute Gasteiger partial charge is 0.408 e. The summed E-state index contributed by atoms with van der Waals surface area (Å²) in [5.41, 5.74) is 0.0634. The summed E-state index contributed by atoms with van der Waals surface area (Å²) in [5.74, 6) is -2.23. The van der Waals surface area contributed by atoms with Gasteiger partial charge in [-0.2, -0.15) is 0 Å². The summed E-state index contributed by atoms with van der Waals surface area (Å²) in [7, 11) is 0.